The number of rotatable bonds is 5. The van der Waals surface area contributed by atoms with Gasteiger partial charge in [0.2, 0.25) is 0 Å². The lowest BCUT2D eigenvalue weighted by Gasteiger charge is -2.25. The van der Waals surface area contributed by atoms with Crippen molar-refractivity contribution in [2.45, 2.75) is 0 Å². The summed E-state index contributed by atoms with van der Waals surface area (Å²) in [6, 6.07) is 79.5. The third-order valence-corrected chi connectivity index (χ3v) is 15.3. The largest absolute Gasteiger partial charge is 0.456 e. The first-order valence-corrected chi connectivity index (χ1v) is 24.6. The Balaban J connectivity index is 0.811. The zero-order valence-corrected chi connectivity index (χ0v) is 38.8. The van der Waals surface area contributed by atoms with Crippen LogP contribution in [0.4, 0.5) is 17.1 Å². The smallest absolute Gasteiger partial charge is 0.139 e. The SMILES string of the molecule is c1ccc(N(c2ccc3oc4cc5oc6ccc(-n7c8ccccc8c8ccccc87)cc6c5cc4c3c2)c2ccc3oc4cc5oc6ccc(-n7c8ccccc8c8ccccc87)cc6c5cc4c3c2)cc1. The molecule has 0 saturated carbocycles. The van der Waals surface area contributed by atoms with Gasteiger partial charge in [0.25, 0.3) is 0 Å². The maximum absolute atomic E-state index is 6.60. The standard InChI is InChI=1S/C66H37N3O4/c1-2-12-38(13-3-1)67(39-22-26-59-47(30-39)51-34-53-49-32-41(24-28-61(49)72-65(53)36-63(51)70-59)68-55-18-8-4-14-43(55)44-15-5-9-19-56(44)68)40-23-27-60-48(31-40)52-35-54-50-33-42(25-29-62(50)73-66(54)37-64(52)71-60)69-57-20-10-6-16-45(57)46-17-7-11-21-58(46)69/h1-37H. The van der Waals surface area contributed by atoms with E-state index in [1.165, 1.54) is 43.6 Å². The average molecular weight is 936 g/mol. The Bertz CT molecular complexity index is 4760. The Kier molecular flexibility index (Phi) is 7.61. The Morgan fingerprint density at radius 3 is 0.918 bits per heavy atom. The lowest BCUT2D eigenvalue weighted by molar-refractivity contribution is 0.655. The van der Waals surface area contributed by atoms with Crippen LogP contribution in [0.25, 0.3) is 143 Å². The highest BCUT2D eigenvalue weighted by Gasteiger charge is 2.22. The number of furan rings is 4. The van der Waals surface area contributed by atoms with Crippen LogP contribution in [0.2, 0.25) is 0 Å². The summed E-state index contributed by atoms with van der Waals surface area (Å²) in [5.74, 6) is 0. The summed E-state index contributed by atoms with van der Waals surface area (Å²) < 4.78 is 31.0. The molecule has 0 aliphatic heterocycles. The van der Waals surface area contributed by atoms with E-state index in [1.807, 2.05) is 12.1 Å². The summed E-state index contributed by atoms with van der Waals surface area (Å²) >= 11 is 0. The molecule has 7 nitrogen and oxygen atoms in total. The molecule has 6 heterocycles. The molecule has 0 aliphatic rings. The van der Waals surface area contributed by atoms with Crippen LogP contribution in [-0.4, -0.2) is 9.13 Å². The van der Waals surface area contributed by atoms with E-state index in [4.69, 9.17) is 17.7 Å². The molecule has 0 fully saturated rings. The summed E-state index contributed by atoms with van der Waals surface area (Å²) in [4.78, 5) is 2.31. The second-order valence-corrected chi connectivity index (χ2v) is 19.2. The van der Waals surface area contributed by atoms with Gasteiger partial charge in [0.05, 0.1) is 22.1 Å². The zero-order chi connectivity index (χ0) is 47.5. The van der Waals surface area contributed by atoms with Gasteiger partial charge in [-0.05, 0) is 121 Å². The molecule has 0 radical (unpaired) electrons. The van der Waals surface area contributed by atoms with Crippen LogP contribution in [0.1, 0.15) is 0 Å². The van der Waals surface area contributed by atoms with Gasteiger partial charge in [0.1, 0.15) is 44.7 Å². The summed E-state index contributed by atoms with van der Waals surface area (Å²) in [7, 11) is 0. The molecule has 7 heteroatoms. The van der Waals surface area contributed by atoms with Gasteiger partial charge in [-0.15, -0.1) is 0 Å². The number of benzene rings is 11. The van der Waals surface area contributed by atoms with Crippen molar-refractivity contribution in [3.8, 4) is 11.4 Å². The molecular weight excluding hydrogens is 899 g/mol. The Morgan fingerprint density at radius 1 is 0.219 bits per heavy atom. The predicted molar refractivity (Wildman–Crippen MR) is 299 cm³/mol. The van der Waals surface area contributed by atoms with Crippen LogP contribution < -0.4 is 4.90 Å². The summed E-state index contributed by atoms with van der Waals surface area (Å²) in [6.45, 7) is 0. The number of para-hydroxylation sites is 5. The Labute approximate surface area is 414 Å². The fourth-order valence-electron chi connectivity index (χ4n) is 12.0. The van der Waals surface area contributed by atoms with Gasteiger partial charge in [-0.3, -0.25) is 0 Å². The van der Waals surface area contributed by atoms with Crippen LogP contribution in [-0.2, 0) is 0 Å². The van der Waals surface area contributed by atoms with Crippen LogP contribution in [0.3, 0.4) is 0 Å². The van der Waals surface area contributed by atoms with Gasteiger partial charge in [-0.2, -0.15) is 0 Å². The number of hydrogen-bond donors (Lipinski definition) is 0. The minimum Gasteiger partial charge on any atom is -0.456 e. The first kappa shape index (κ1) is 38.8. The van der Waals surface area contributed by atoms with Crippen molar-refractivity contribution in [1.82, 2.24) is 9.13 Å². The topological polar surface area (TPSA) is 65.7 Å². The first-order chi connectivity index (χ1) is 36.1. The number of hydrogen-bond acceptors (Lipinski definition) is 5. The number of fused-ring (bicyclic) bond motifs is 18. The monoisotopic (exact) mass is 935 g/mol. The minimum atomic E-state index is 0.777. The molecular formula is C66H37N3O4. The molecule has 0 aliphatic carbocycles. The van der Waals surface area contributed by atoms with E-state index in [0.29, 0.717) is 0 Å². The van der Waals surface area contributed by atoms with E-state index in [9.17, 15) is 0 Å². The lowest BCUT2D eigenvalue weighted by Crippen LogP contribution is -2.09. The highest BCUT2D eigenvalue weighted by molar-refractivity contribution is 6.19. The highest BCUT2D eigenvalue weighted by Crippen LogP contribution is 2.45. The van der Waals surface area contributed by atoms with Gasteiger partial charge in [-0.25, -0.2) is 0 Å². The third kappa shape index (κ3) is 5.47. The van der Waals surface area contributed by atoms with E-state index in [2.05, 4.69) is 226 Å². The molecule has 0 saturated heterocycles. The van der Waals surface area contributed by atoms with Crippen molar-refractivity contribution >= 4 is 148 Å². The summed E-state index contributed by atoms with van der Waals surface area (Å²) in [5, 5.41) is 13.2. The maximum Gasteiger partial charge on any atom is 0.139 e. The van der Waals surface area contributed by atoms with Crippen molar-refractivity contribution in [1.29, 1.82) is 0 Å². The average Bonchev–Trinajstić information content (AvgIpc) is 4.29. The molecule has 0 atom stereocenters. The molecule has 17 aromatic rings. The van der Waals surface area contributed by atoms with E-state index in [1.54, 1.807) is 0 Å². The van der Waals surface area contributed by atoms with Gasteiger partial charge >= 0.3 is 0 Å². The molecule has 73 heavy (non-hydrogen) atoms. The van der Waals surface area contributed by atoms with Crippen molar-refractivity contribution < 1.29 is 17.7 Å². The fourth-order valence-corrected chi connectivity index (χ4v) is 12.0. The molecule has 0 bridgehead atoms. The number of anilines is 3. The predicted octanol–water partition coefficient (Wildman–Crippen LogP) is 18.9. The minimum absolute atomic E-state index is 0.777. The third-order valence-electron chi connectivity index (χ3n) is 15.3. The van der Waals surface area contributed by atoms with E-state index in [0.717, 1.165) is 116 Å². The maximum atomic E-state index is 6.60. The number of aromatic nitrogens is 2. The van der Waals surface area contributed by atoms with Gasteiger partial charge in [-0.1, -0.05) is 91.0 Å². The first-order valence-electron chi connectivity index (χ1n) is 24.6. The van der Waals surface area contributed by atoms with Crippen LogP contribution in [0, 0.1) is 0 Å². The lowest BCUT2D eigenvalue weighted by atomic mass is 10.1. The Hall–Kier alpha value is -9.98. The van der Waals surface area contributed by atoms with E-state index >= 15 is 0 Å². The van der Waals surface area contributed by atoms with Crippen molar-refractivity contribution in [3.63, 3.8) is 0 Å². The van der Waals surface area contributed by atoms with Crippen molar-refractivity contribution in [3.05, 3.63) is 224 Å². The fraction of sp³-hybridized carbons (Fsp3) is 0. The number of nitrogens with zero attached hydrogens (tertiary/aromatic N) is 3. The molecule has 6 aromatic heterocycles. The zero-order valence-electron chi connectivity index (χ0n) is 38.8. The summed E-state index contributed by atoms with van der Waals surface area (Å²) in [6.07, 6.45) is 0. The molecule has 11 aromatic carbocycles. The summed E-state index contributed by atoms with van der Waals surface area (Å²) in [5.41, 5.74) is 16.3. The molecule has 0 amide bonds. The van der Waals surface area contributed by atoms with Crippen LogP contribution >= 0.6 is 0 Å². The molecule has 17 rings (SSSR count). The van der Waals surface area contributed by atoms with Crippen LogP contribution in [0.5, 0.6) is 0 Å². The second-order valence-electron chi connectivity index (χ2n) is 19.2. The van der Waals surface area contributed by atoms with Gasteiger partial charge < -0.3 is 31.7 Å². The van der Waals surface area contributed by atoms with Gasteiger partial charge in [0, 0.05) is 105 Å². The van der Waals surface area contributed by atoms with Crippen molar-refractivity contribution in [2.24, 2.45) is 0 Å². The highest BCUT2D eigenvalue weighted by atomic mass is 16.3. The molecule has 340 valence electrons. The van der Waals surface area contributed by atoms with E-state index < -0.39 is 0 Å². The van der Waals surface area contributed by atoms with Crippen LogP contribution in [0.15, 0.2) is 242 Å². The normalized spacial score (nSPS) is 12.4. The second kappa shape index (κ2) is 14.3. The Morgan fingerprint density at radius 2 is 0.534 bits per heavy atom. The molecule has 0 unspecified atom stereocenters. The van der Waals surface area contributed by atoms with Crippen molar-refractivity contribution in [2.75, 3.05) is 4.90 Å². The van der Waals surface area contributed by atoms with E-state index in [-0.39, 0.29) is 0 Å². The molecule has 0 spiro atoms. The quantitative estimate of drug-likeness (QED) is 0.172. The van der Waals surface area contributed by atoms with Gasteiger partial charge in [0.15, 0.2) is 0 Å². The molecule has 0 N–H and O–H groups in total.